The molecule has 0 saturated heterocycles. The molecule has 2 fully saturated rings. The molecule has 0 spiro atoms. The van der Waals surface area contributed by atoms with Crippen molar-refractivity contribution in [3.63, 3.8) is 0 Å². The zero-order valence-electron chi connectivity index (χ0n) is 17.3. The Labute approximate surface area is 175 Å². The normalized spacial score (nSPS) is 25.0. The number of alkyl carbamates (subject to hydrolysis) is 1. The van der Waals surface area contributed by atoms with Gasteiger partial charge in [0.25, 0.3) is 10.0 Å². The summed E-state index contributed by atoms with van der Waals surface area (Å²) in [4.78, 5) is 11.8. The van der Waals surface area contributed by atoms with E-state index in [-0.39, 0.29) is 22.9 Å². The molecule has 1 aliphatic heterocycles. The molecule has 30 heavy (non-hydrogen) atoms. The van der Waals surface area contributed by atoms with Crippen molar-refractivity contribution in [2.45, 2.75) is 75.5 Å². The maximum atomic E-state index is 14.2. The Bertz CT molecular complexity index is 999. The lowest BCUT2D eigenvalue weighted by Gasteiger charge is -2.24. The van der Waals surface area contributed by atoms with Crippen LogP contribution in [-0.2, 0) is 14.8 Å². The van der Waals surface area contributed by atoms with Crippen molar-refractivity contribution >= 4 is 33.3 Å². The number of rotatable bonds is 4. The number of benzene rings is 1. The smallest absolute Gasteiger partial charge is 0.407 e. The minimum Gasteiger partial charge on any atom is -0.444 e. The highest BCUT2D eigenvalue weighted by atomic mass is 32.2. The molecule has 0 unspecified atom stereocenters. The van der Waals surface area contributed by atoms with E-state index in [4.69, 9.17) is 4.74 Å². The largest absolute Gasteiger partial charge is 0.444 e. The number of ether oxygens (including phenoxy) is 1. The Hall–Kier alpha value is -2.36. The SMILES string of the molecule is CC(C)(C)OC(=O)N[C@@H]1CC[C@@H](Nc2cc(F)cc3c2NC(C2CC2)=NS3(=O)=O)C1. The number of carbonyl (C=O) groups is 1. The van der Waals surface area contributed by atoms with Crippen molar-refractivity contribution in [1.82, 2.24) is 5.32 Å². The van der Waals surface area contributed by atoms with E-state index in [0.29, 0.717) is 23.6 Å². The summed E-state index contributed by atoms with van der Waals surface area (Å²) in [5.74, 6) is -0.110. The third-order valence-corrected chi connectivity index (χ3v) is 6.61. The van der Waals surface area contributed by atoms with E-state index < -0.39 is 27.5 Å². The molecule has 1 heterocycles. The van der Waals surface area contributed by atoms with Crippen molar-refractivity contribution in [1.29, 1.82) is 0 Å². The monoisotopic (exact) mass is 438 g/mol. The van der Waals surface area contributed by atoms with Crippen molar-refractivity contribution in [3.05, 3.63) is 17.9 Å². The average Bonchev–Trinajstić information content (AvgIpc) is 3.36. The van der Waals surface area contributed by atoms with Crippen LogP contribution in [0.25, 0.3) is 0 Å². The van der Waals surface area contributed by atoms with Gasteiger partial charge < -0.3 is 20.7 Å². The van der Waals surface area contributed by atoms with Crippen molar-refractivity contribution < 1.29 is 22.3 Å². The second-order valence-corrected chi connectivity index (χ2v) is 10.7. The second kappa shape index (κ2) is 7.40. The van der Waals surface area contributed by atoms with Gasteiger partial charge in [0.05, 0.1) is 11.4 Å². The van der Waals surface area contributed by atoms with Gasteiger partial charge in [-0.25, -0.2) is 9.18 Å². The third kappa shape index (κ3) is 4.69. The zero-order valence-corrected chi connectivity index (χ0v) is 18.1. The average molecular weight is 439 g/mol. The van der Waals surface area contributed by atoms with Crippen LogP contribution in [0, 0.1) is 11.7 Å². The fourth-order valence-electron chi connectivity index (χ4n) is 3.83. The van der Waals surface area contributed by atoms with Crippen LogP contribution in [0.1, 0.15) is 52.9 Å². The minimum atomic E-state index is -3.95. The summed E-state index contributed by atoms with van der Waals surface area (Å²) in [6, 6.07) is 2.19. The maximum absolute atomic E-state index is 14.2. The molecule has 2 atom stereocenters. The summed E-state index contributed by atoms with van der Waals surface area (Å²) in [6.07, 6.45) is 3.44. The van der Waals surface area contributed by atoms with Gasteiger partial charge in [0.2, 0.25) is 0 Å². The van der Waals surface area contributed by atoms with Crippen LogP contribution in [0.4, 0.5) is 20.6 Å². The second-order valence-electron chi connectivity index (χ2n) is 9.17. The Kier molecular flexibility index (Phi) is 5.16. The molecule has 0 aromatic heterocycles. The molecule has 1 aromatic carbocycles. The Morgan fingerprint density at radius 1 is 1.20 bits per heavy atom. The molecule has 2 aliphatic carbocycles. The predicted molar refractivity (Wildman–Crippen MR) is 112 cm³/mol. The third-order valence-electron chi connectivity index (χ3n) is 5.29. The Morgan fingerprint density at radius 2 is 1.90 bits per heavy atom. The molecular formula is C20H27FN4O4S. The van der Waals surface area contributed by atoms with Gasteiger partial charge in [-0.15, -0.1) is 4.40 Å². The fourth-order valence-corrected chi connectivity index (χ4v) is 5.06. The number of sulfonamides is 1. The molecule has 3 aliphatic rings. The molecule has 0 radical (unpaired) electrons. The standard InChI is InChI=1S/C20H27FN4O4S/c1-20(2,3)29-19(26)23-14-7-6-13(10-14)22-15-8-12(21)9-16-17(15)24-18(11-4-5-11)25-30(16,27)28/h8-9,11,13-14,22H,4-7,10H2,1-3H3,(H,23,26)(H,24,25)/t13-,14-/m1/s1. The first-order chi connectivity index (χ1) is 14.0. The summed E-state index contributed by atoms with van der Waals surface area (Å²) in [6.45, 7) is 5.41. The Morgan fingerprint density at radius 3 is 2.57 bits per heavy atom. The number of amidine groups is 1. The van der Waals surface area contributed by atoms with Gasteiger partial charge in [-0.3, -0.25) is 0 Å². The zero-order chi connectivity index (χ0) is 21.7. The summed E-state index contributed by atoms with van der Waals surface area (Å²) in [5, 5.41) is 9.23. The fraction of sp³-hybridized carbons (Fsp3) is 0.600. The highest BCUT2D eigenvalue weighted by Gasteiger charge is 2.36. The Balaban J connectivity index is 1.48. The van der Waals surface area contributed by atoms with E-state index in [1.165, 1.54) is 6.07 Å². The van der Waals surface area contributed by atoms with E-state index in [1.807, 2.05) is 0 Å². The quantitative estimate of drug-likeness (QED) is 0.663. The van der Waals surface area contributed by atoms with E-state index >= 15 is 0 Å². The van der Waals surface area contributed by atoms with Crippen LogP contribution in [0.3, 0.4) is 0 Å². The molecule has 10 heteroatoms. The predicted octanol–water partition coefficient (Wildman–Crippen LogP) is 3.61. The maximum Gasteiger partial charge on any atom is 0.407 e. The lowest BCUT2D eigenvalue weighted by molar-refractivity contribution is 0.0505. The van der Waals surface area contributed by atoms with Gasteiger partial charge in [0.15, 0.2) is 0 Å². The van der Waals surface area contributed by atoms with Crippen LogP contribution in [-0.4, -0.2) is 38.0 Å². The van der Waals surface area contributed by atoms with E-state index in [9.17, 15) is 17.6 Å². The molecule has 1 aromatic rings. The molecule has 3 N–H and O–H groups in total. The topological polar surface area (TPSA) is 109 Å². The van der Waals surface area contributed by atoms with Crippen molar-refractivity contribution in [2.75, 3.05) is 10.6 Å². The van der Waals surface area contributed by atoms with Crippen LogP contribution in [0.15, 0.2) is 21.4 Å². The number of halogens is 1. The molecular weight excluding hydrogens is 411 g/mol. The number of hydrogen-bond donors (Lipinski definition) is 3. The van der Waals surface area contributed by atoms with E-state index in [2.05, 4.69) is 20.3 Å². The first-order valence-corrected chi connectivity index (χ1v) is 11.7. The van der Waals surface area contributed by atoms with Gasteiger partial charge in [0, 0.05) is 18.0 Å². The molecule has 1 amide bonds. The van der Waals surface area contributed by atoms with Gasteiger partial charge >= 0.3 is 6.09 Å². The summed E-state index contributed by atoms with van der Waals surface area (Å²) in [5.41, 5.74) is 0.167. The van der Waals surface area contributed by atoms with Gasteiger partial charge in [-0.2, -0.15) is 8.42 Å². The summed E-state index contributed by atoms with van der Waals surface area (Å²) in [7, 11) is -3.95. The first kappa shape index (κ1) is 20.9. The summed E-state index contributed by atoms with van der Waals surface area (Å²) < 4.78 is 48.4. The van der Waals surface area contributed by atoms with Gasteiger partial charge in [0.1, 0.15) is 22.1 Å². The number of amides is 1. The lowest BCUT2D eigenvalue weighted by Crippen LogP contribution is -2.38. The van der Waals surface area contributed by atoms with Gasteiger partial charge in [-0.05, 0) is 65.0 Å². The minimum absolute atomic E-state index is 0.0384. The number of fused-ring (bicyclic) bond motifs is 1. The molecule has 0 bridgehead atoms. The number of anilines is 2. The van der Waals surface area contributed by atoms with E-state index in [1.54, 1.807) is 20.8 Å². The van der Waals surface area contributed by atoms with Crippen LogP contribution >= 0.6 is 0 Å². The number of nitrogens with zero attached hydrogens (tertiary/aromatic N) is 1. The van der Waals surface area contributed by atoms with Crippen LogP contribution in [0.2, 0.25) is 0 Å². The van der Waals surface area contributed by atoms with E-state index in [0.717, 1.165) is 31.7 Å². The van der Waals surface area contributed by atoms with Crippen molar-refractivity contribution in [2.24, 2.45) is 10.3 Å². The summed E-state index contributed by atoms with van der Waals surface area (Å²) >= 11 is 0. The molecule has 164 valence electrons. The first-order valence-electron chi connectivity index (χ1n) is 10.2. The van der Waals surface area contributed by atoms with Crippen LogP contribution < -0.4 is 16.0 Å². The molecule has 4 rings (SSSR count). The lowest BCUT2D eigenvalue weighted by atomic mass is 10.2. The number of nitrogens with one attached hydrogen (secondary N) is 3. The van der Waals surface area contributed by atoms with Crippen molar-refractivity contribution in [3.8, 4) is 0 Å². The highest BCUT2D eigenvalue weighted by molar-refractivity contribution is 7.90. The number of hydrogen-bond acceptors (Lipinski definition) is 6. The highest BCUT2D eigenvalue weighted by Crippen LogP contribution is 2.41. The number of carbonyl (C=O) groups excluding carboxylic acids is 1. The van der Waals surface area contributed by atoms with Crippen LogP contribution in [0.5, 0.6) is 0 Å². The molecule has 2 saturated carbocycles. The molecule has 8 nitrogen and oxygen atoms in total. The van der Waals surface area contributed by atoms with Gasteiger partial charge in [-0.1, -0.05) is 0 Å².